The van der Waals surface area contributed by atoms with Crippen LogP contribution in [-0.4, -0.2) is 72.1 Å². The SMILES string of the molecule is CC1CN(C(=O)COCC(=O)O)CC(CO)O1. The molecule has 2 atom stereocenters. The van der Waals surface area contributed by atoms with Crippen LogP contribution in [0.2, 0.25) is 0 Å². The molecule has 17 heavy (non-hydrogen) atoms. The number of aliphatic carboxylic acids is 1. The molecule has 2 unspecified atom stereocenters. The number of hydrogen-bond acceptors (Lipinski definition) is 5. The number of amides is 1. The Balaban J connectivity index is 2.37. The zero-order chi connectivity index (χ0) is 12.8. The van der Waals surface area contributed by atoms with Gasteiger partial charge in [-0.2, -0.15) is 0 Å². The molecule has 1 aliphatic heterocycles. The number of hydrogen-bond donors (Lipinski definition) is 2. The Kier molecular flexibility index (Phi) is 5.33. The highest BCUT2D eigenvalue weighted by atomic mass is 16.5. The van der Waals surface area contributed by atoms with Crippen LogP contribution >= 0.6 is 0 Å². The summed E-state index contributed by atoms with van der Waals surface area (Å²) in [5.74, 6) is -1.40. The molecular weight excluding hydrogens is 230 g/mol. The third kappa shape index (κ3) is 4.68. The number of morpholine rings is 1. The molecule has 0 spiro atoms. The third-order valence-corrected chi connectivity index (χ3v) is 2.33. The van der Waals surface area contributed by atoms with Gasteiger partial charge in [0, 0.05) is 13.1 Å². The first-order valence-corrected chi connectivity index (χ1v) is 5.36. The van der Waals surface area contributed by atoms with E-state index in [-0.39, 0.29) is 31.3 Å². The van der Waals surface area contributed by atoms with Gasteiger partial charge in [0.1, 0.15) is 13.2 Å². The lowest BCUT2D eigenvalue weighted by Crippen LogP contribution is -2.51. The van der Waals surface area contributed by atoms with Crippen LogP contribution in [0.1, 0.15) is 6.92 Å². The van der Waals surface area contributed by atoms with Gasteiger partial charge in [-0.25, -0.2) is 4.79 Å². The number of rotatable bonds is 5. The summed E-state index contributed by atoms with van der Waals surface area (Å²) in [6, 6.07) is 0. The Labute approximate surface area is 98.9 Å². The second-order valence-corrected chi connectivity index (χ2v) is 3.94. The molecule has 2 N–H and O–H groups in total. The van der Waals surface area contributed by atoms with Crippen LogP contribution in [-0.2, 0) is 19.1 Å². The van der Waals surface area contributed by atoms with E-state index in [1.807, 2.05) is 0 Å². The van der Waals surface area contributed by atoms with Gasteiger partial charge in [0.2, 0.25) is 5.91 Å². The standard InChI is InChI=1S/C10H17NO6/c1-7-2-11(3-8(4-12)17-7)9(13)5-16-6-10(14)15/h7-8,12H,2-6H2,1H3,(H,14,15). The van der Waals surface area contributed by atoms with E-state index in [4.69, 9.17) is 19.7 Å². The number of carbonyl (C=O) groups excluding carboxylic acids is 1. The maximum Gasteiger partial charge on any atom is 0.329 e. The van der Waals surface area contributed by atoms with Crippen molar-refractivity contribution in [3.63, 3.8) is 0 Å². The van der Waals surface area contributed by atoms with Gasteiger partial charge in [-0.1, -0.05) is 0 Å². The molecule has 0 radical (unpaired) electrons. The van der Waals surface area contributed by atoms with Crippen LogP contribution in [0.25, 0.3) is 0 Å². The van der Waals surface area contributed by atoms with E-state index in [1.165, 1.54) is 4.90 Å². The van der Waals surface area contributed by atoms with Gasteiger partial charge >= 0.3 is 5.97 Å². The van der Waals surface area contributed by atoms with Gasteiger partial charge in [0.15, 0.2) is 0 Å². The van der Waals surface area contributed by atoms with Gasteiger partial charge in [-0.3, -0.25) is 4.79 Å². The average molecular weight is 247 g/mol. The van der Waals surface area contributed by atoms with Crippen LogP contribution < -0.4 is 0 Å². The van der Waals surface area contributed by atoms with Gasteiger partial charge in [-0.15, -0.1) is 0 Å². The number of carboxylic acids is 1. The molecular formula is C10H17NO6. The first-order valence-electron chi connectivity index (χ1n) is 5.36. The van der Waals surface area contributed by atoms with Crippen LogP contribution in [0.4, 0.5) is 0 Å². The van der Waals surface area contributed by atoms with E-state index >= 15 is 0 Å². The normalized spacial score (nSPS) is 24.7. The molecule has 1 saturated heterocycles. The average Bonchev–Trinajstić information content (AvgIpc) is 2.27. The number of carboxylic acid groups (broad SMARTS) is 1. The fourth-order valence-corrected chi connectivity index (χ4v) is 1.67. The van der Waals surface area contributed by atoms with E-state index in [1.54, 1.807) is 6.92 Å². The van der Waals surface area contributed by atoms with Gasteiger partial charge in [0.25, 0.3) is 0 Å². The molecule has 98 valence electrons. The molecule has 1 rings (SSSR count). The van der Waals surface area contributed by atoms with Crippen molar-refractivity contribution in [1.29, 1.82) is 0 Å². The van der Waals surface area contributed by atoms with Crippen LogP contribution in [0.5, 0.6) is 0 Å². The minimum absolute atomic E-state index is 0.149. The second kappa shape index (κ2) is 6.53. The lowest BCUT2D eigenvalue weighted by molar-refractivity contribution is -0.154. The molecule has 1 aliphatic rings. The number of nitrogens with zero attached hydrogens (tertiary/aromatic N) is 1. The Morgan fingerprint density at radius 2 is 2.12 bits per heavy atom. The Hall–Kier alpha value is -1.18. The monoisotopic (exact) mass is 247 g/mol. The smallest absolute Gasteiger partial charge is 0.329 e. The number of aliphatic hydroxyl groups is 1. The van der Waals surface area contributed by atoms with Crippen molar-refractivity contribution in [3.8, 4) is 0 Å². The Morgan fingerprint density at radius 3 is 2.71 bits per heavy atom. The van der Waals surface area contributed by atoms with E-state index in [0.717, 1.165) is 0 Å². The molecule has 0 saturated carbocycles. The summed E-state index contributed by atoms with van der Waals surface area (Å²) in [7, 11) is 0. The molecule has 1 fully saturated rings. The van der Waals surface area contributed by atoms with Gasteiger partial charge in [-0.05, 0) is 6.92 Å². The van der Waals surface area contributed by atoms with E-state index in [0.29, 0.717) is 13.1 Å². The Morgan fingerprint density at radius 1 is 1.41 bits per heavy atom. The first kappa shape index (κ1) is 13.9. The highest BCUT2D eigenvalue weighted by molar-refractivity contribution is 5.78. The van der Waals surface area contributed by atoms with E-state index in [9.17, 15) is 9.59 Å². The van der Waals surface area contributed by atoms with Crippen molar-refractivity contribution in [2.75, 3.05) is 32.9 Å². The molecule has 0 bridgehead atoms. The van der Waals surface area contributed by atoms with Gasteiger partial charge < -0.3 is 24.6 Å². The van der Waals surface area contributed by atoms with Gasteiger partial charge in [0.05, 0.1) is 18.8 Å². The fourth-order valence-electron chi connectivity index (χ4n) is 1.67. The van der Waals surface area contributed by atoms with Crippen LogP contribution in [0, 0.1) is 0 Å². The summed E-state index contributed by atoms with van der Waals surface area (Å²) in [6.07, 6.45) is -0.536. The molecule has 1 amide bonds. The predicted molar refractivity (Wildman–Crippen MR) is 56.5 cm³/mol. The molecule has 0 aromatic heterocycles. The summed E-state index contributed by atoms with van der Waals surface area (Å²) in [4.78, 5) is 23.4. The molecule has 0 aromatic rings. The lowest BCUT2D eigenvalue weighted by atomic mass is 10.2. The maximum absolute atomic E-state index is 11.7. The van der Waals surface area contributed by atoms with Crippen molar-refractivity contribution in [2.24, 2.45) is 0 Å². The number of ether oxygens (including phenoxy) is 2. The van der Waals surface area contributed by atoms with Crippen molar-refractivity contribution >= 4 is 11.9 Å². The largest absolute Gasteiger partial charge is 0.480 e. The molecule has 0 aromatic carbocycles. The zero-order valence-corrected chi connectivity index (χ0v) is 9.66. The third-order valence-electron chi connectivity index (χ3n) is 2.33. The summed E-state index contributed by atoms with van der Waals surface area (Å²) < 4.78 is 10.1. The Bertz CT molecular complexity index is 282. The molecule has 1 heterocycles. The summed E-state index contributed by atoms with van der Waals surface area (Å²) in [6.45, 7) is 1.62. The first-order chi connectivity index (χ1) is 8.02. The summed E-state index contributed by atoms with van der Waals surface area (Å²) in [5.41, 5.74) is 0. The maximum atomic E-state index is 11.7. The van der Waals surface area contributed by atoms with E-state index in [2.05, 4.69) is 0 Å². The fraction of sp³-hybridized carbons (Fsp3) is 0.800. The van der Waals surface area contributed by atoms with Crippen molar-refractivity contribution in [1.82, 2.24) is 4.90 Å². The summed E-state index contributed by atoms with van der Waals surface area (Å²) in [5, 5.41) is 17.3. The summed E-state index contributed by atoms with van der Waals surface area (Å²) >= 11 is 0. The second-order valence-electron chi connectivity index (χ2n) is 3.94. The zero-order valence-electron chi connectivity index (χ0n) is 9.66. The quantitative estimate of drug-likeness (QED) is 0.626. The predicted octanol–water partition coefficient (Wildman–Crippen LogP) is -1.30. The highest BCUT2D eigenvalue weighted by Crippen LogP contribution is 2.10. The lowest BCUT2D eigenvalue weighted by Gasteiger charge is -2.36. The minimum Gasteiger partial charge on any atom is -0.480 e. The number of carbonyl (C=O) groups is 2. The van der Waals surface area contributed by atoms with Crippen LogP contribution in [0.15, 0.2) is 0 Å². The molecule has 7 heteroatoms. The van der Waals surface area contributed by atoms with Crippen molar-refractivity contribution < 1.29 is 29.3 Å². The van der Waals surface area contributed by atoms with Crippen molar-refractivity contribution in [2.45, 2.75) is 19.1 Å². The minimum atomic E-state index is -1.11. The van der Waals surface area contributed by atoms with Crippen LogP contribution in [0.3, 0.4) is 0 Å². The molecule has 0 aliphatic carbocycles. The van der Waals surface area contributed by atoms with E-state index < -0.39 is 12.6 Å². The topological polar surface area (TPSA) is 96.3 Å². The van der Waals surface area contributed by atoms with Crippen molar-refractivity contribution in [3.05, 3.63) is 0 Å². The molecule has 7 nitrogen and oxygen atoms in total. The highest BCUT2D eigenvalue weighted by Gasteiger charge is 2.27. The number of aliphatic hydroxyl groups excluding tert-OH is 1.